The first-order valence-corrected chi connectivity index (χ1v) is 7.03. The average molecular weight is 335 g/mol. The number of ether oxygens (including phenoxy) is 1. The minimum absolute atomic E-state index is 0.199. The summed E-state index contributed by atoms with van der Waals surface area (Å²) >= 11 is 3.23. The van der Waals surface area contributed by atoms with Crippen molar-refractivity contribution in [1.29, 1.82) is 0 Å². The van der Waals surface area contributed by atoms with Crippen molar-refractivity contribution in [1.82, 2.24) is 9.55 Å². The van der Waals surface area contributed by atoms with Crippen molar-refractivity contribution in [3.05, 3.63) is 32.6 Å². The molecule has 1 aromatic rings. The second kappa shape index (κ2) is 6.00. The predicted molar refractivity (Wildman–Crippen MR) is 70.4 cm³/mol. The number of aromatic amines is 1. The Hall–Kier alpha value is -0.960. The average Bonchev–Trinajstić information content (AvgIpc) is 2.74. The number of aliphatic hydroxyl groups excluding tert-OH is 2. The number of halogens is 1. The van der Waals surface area contributed by atoms with E-state index in [-0.39, 0.29) is 13.0 Å². The summed E-state index contributed by atoms with van der Waals surface area (Å²) in [5.41, 5.74) is -0.543. The highest BCUT2D eigenvalue weighted by Gasteiger charge is 2.35. The second-order valence-electron chi connectivity index (χ2n) is 4.37. The number of aliphatic hydroxyl groups is 2. The Balaban J connectivity index is 2.33. The Labute approximate surface area is 117 Å². The minimum Gasteiger partial charge on any atom is -0.394 e. The lowest BCUT2D eigenvalue weighted by molar-refractivity contribution is -0.0459. The van der Waals surface area contributed by atoms with Crippen molar-refractivity contribution in [3.8, 4) is 0 Å². The van der Waals surface area contributed by atoms with Crippen LogP contribution in [0.5, 0.6) is 0 Å². The lowest BCUT2D eigenvalue weighted by Gasteiger charge is -2.15. The number of rotatable bonds is 4. The molecule has 106 valence electrons. The van der Waals surface area contributed by atoms with Gasteiger partial charge in [-0.3, -0.25) is 14.3 Å². The van der Waals surface area contributed by atoms with Gasteiger partial charge in [-0.25, -0.2) is 4.79 Å². The van der Waals surface area contributed by atoms with Crippen LogP contribution in [0.3, 0.4) is 0 Å². The van der Waals surface area contributed by atoms with Crippen molar-refractivity contribution >= 4 is 15.9 Å². The van der Waals surface area contributed by atoms with E-state index < -0.39 is 29.7 Å². The highest BCUT2D eigenvalue weighted by Crippen LogP contribution is 2.27. The molecule has 2 rings (SSSR count). The molecule has 8 heteroatoms. The molecule has 0 unspecified atom stereocenters. The van der Waals surface area contributed by atoms with E-state index in [1.54, 1.807) is 0 Å². The van der Waals surface area contributed by atoms with E-state index in [0.29, 0.717) is 17.3 Å². The van der Waals surface area contributed by atoms with E-state index in [1.165, 1.54) is 10.8 Å². The van der Waals surface area contributed by atoms with E-state index in [4.69, 9.17) is 9.84 Å². The quantitative estimate of drug-likeness (QED) is 0.620. The predicted octanol–water partition coefficient (Wildman–Crippen LogP) is -0.885. The summed E-state index contributed by atoms with van der Waals surface area (Å²) in [4.78, 5) is 25.5. The summed E-state index contributed by atoms with van der Waals surface area (Å²) in [7, 11) is 0. The summed E-state index contributed by atoms with van der Waals surface area (Å²) in [6.07, 6.45) is -0.0822. The van der Waals surface area contributed by atoms with Crippen molar-refractivity contribution < 1.29 is 14.9 Å². The maximum Gasteiger partial charge on any atom is 0.330 e. The fourth-order valence-corrected chi connectivity index (χ4v) is 2.50. The van der Waals surface area contributed by atoms with Gasteiger partial charge in [-0.1, -0.05) is 15.9 Å². The van der Waals surface area contributed by atoms with E-state index in [1.807, 2.05) is 0 Å². The summed E-state index contributed by atoms with van der Waals surface area (Å²) in [5.74, 6) is 0. The van der Waals surface area contributed by atoms with Gasteiger partial charge in [-0.2, -0.15) is 0 Å². The summed E-state index contributed by atoms with van der Waals surface area (Å²) in [6.45, 7) is -0.315. The molecule has 1 saturated heterocycles. The second-order valence-corrected chi connectivity index (χ2v) is 5.17. The van der Waals surface area contributed by atoms with E-state index >= 15 is 0 Å². The Bertz CT molecular complexity index is 555. The number of aromatic nitrogens is 2. The number of hydrogen-bond acceptors (Lipinski definition) is 5. The summed E-state index contributed by atoms with van der Waals surface area (Å²) in [6, 6.07) is 0. The third kappa shape index (κ3) is 2.97. The molecule has 0 aromatic carbocycles. The minimum atomic E-state index is -0.826. The number of aryl methyl sites for hydroxylation is 1. The number of nitrogens with one attached hydrogen (secondary N) is 1. The smallest absolute Gasteiger partial charge is 0.330 e. The van der Waals surface area contributed by atoms with Crippen LogP contribution in [0.1, 0.15) is 18.2 Å². The molecular formula is C11H15BrN2O5. The third-order valence-corrected chi connectivity index (χ3v) is 3.50. The molecule has 0 amide bonds. The summed E-state index contributed by atoms with van der Waals surface area (Å²) in [5, 5.41) is 19.3. The highest BCUT2D eigenvalue weighted by atomic mass is 79.9. The van der Waals surface area contributed by atoms with Gasteiger partial charge < -0.3 is 14.9 Å². The molecule has 1 aliphatic rings. The lowest BCUT2D eigenvalue weighted by atomic mass is 10.2. The van der Waals surface area contributed by atoms with Crippen LogP contribution in [0.25, 0.3) is 0 Å². The first-order valence-electron chi connectivity index (χ1n) is 5.91. The van der Waals surface area contributed by atoms with E-state index in [2.05, 4.69) is 20.9 Å². The van der Waals surface area contributed by atoms with E-state index in [0.717, 1.165) is 0 Å². The molecule has 1 aromatic heterocycles. The van der Waals surface area contributed by atoms with Gasteiger partial charge in [0.25, 0.3) is 5.56 Å². The van der Waals surface area contributed by atoms with Gasteiger partial charge in [-0.05, 0) is 6.42 Å². The number of H-pyrrole nitrogens is 1. The lowest BCUT2D eigenvalue weighted by Crippen LogP contribution is -2.34. The van der Waals surface area contributed by atoms with E-state index in [9.17, 15) is 14.7 Å². The standard InChI is InChI=1S/C11H15BrN2O5/c12-2-1-6-4-14(11(18)13-10(6)17)9-3-7(16)8(5-15)19-9/h4,7-9,15-16H,1-3,5H2,(H,13,17,18)/t7-,8+,9+/m0/s1/i12+0. The maximum atomic E-state index is 11.8. The van der Waals surface area contributed by atoms with Crippen LogP contribution in [0.15, 0.2) is 15.8 Å². The van der Waals surface area contributed by atoms with Crippen LogP contribution in [0.2, 0.25) is 0 Å². The zero-order valence-electron chi connectivity index (χ0n) is 10.1. The molecule has 0 radical (unpaired) electrons. The molecule has 0 saturated carbocycles. The van der Waals surface area contributed by atoms with Crippen LogP contribution in [0.4, 0.5) is 0 Å². The Morgan fingerprint density at radius 3 is 2.84 bits per heavy atom. The van der Waals surface area contributed by atoms with Crippen LogP contribution in [-0.4, -0.2) is 43.9 Å². The van der Waals surface area contributed by atoms with Crippen molar-refractivity contribution in [2.75, 3.05) is 11.9 Å². The van der Waals surface area contributed by atoms with Gasteiger partial charge in [0.1, 0.15) is 12.3 Å². The third-order valence-electron chi connectivity index (χ3n) is 3.10. The van der Waals surface area contributed by atoms with Crippen LogP contribution in [-0.2, 0) is 11.2 Å². The molecule has 1 aliphatic heterocycles. The normalized spacial score (nSPS) is 26.8. The molecule has 0 bridgehead atoms. The Kier molecular flexibility index (Phi) is 4.56. The van der Waals surface area contributed by atoms with Crippen molar-refractivity contribution in [2.24, 2.45) is 0 Å². The molecule has 7 nitrogen and oxygen atoms in total. The van der Waals surface area contributed by atoms with Gasteiger partial charge in [0.05, 0.1) is 12.7 Å². The molecule has 19 heavy (non-hydrogen) atoms. The molecule has 3 N–H and O–H groups in total. The number of alkyl halides is 1. The molecule has 2 heterocycles. The van der Waals surface area contributed by atoms with Crippen molar-refractivity contribution in [2.45, 2.75) is 31.3 Å². The first-order chi connectivity index (χ1) is 9.06. The zero-order chi connectivity index (χ0) is 14.0. The molecule has 0 aliphatic carbocycles. The fraction of sp³-hybridized carbons (Fsp3) is 0.636. The van der Waals surface area contributed by atoms with Gasteiger partial charge in [0, 0.05) is 23.5 Å². The monoisotopic (exact) mass is 335 g/mol. The van der Waals surface area contributed by atoms with Crippen LogP contribution in [0, 0.1) is 0 Å². The van der Waals surface area contributed by atoms with Gasteiger partial charge >= 0.3 is 5.69 Å². The number of nitrogens with zero attached hydrogens (tertiary/aromatic N) is 1. The van der Waals surface area contributed by atoms with Crippen LogP contribution < -0.4 is 11.2 Å². The fourth-order valence-electron chi connectivity index (χ4n) is 2.07. The Morgan fingerprint density at radius 2 is 2.26 bits per heavy atom. The van der Waals surface area contributed by atoms with Gasteiger partial charge in [-0.15, -0.1) is 0 Å². The molecular weight excluding hydrogens is 320 g/mol. The largest absolute Gasteiger partial charge is 0.394 e. The molecule has 1 fully saturated rings. The van der Waals surface area contributed by atoms with Gasteiger partial charge in [0.15, 0.2) is 0 Å². The summed E-state index contributed by atoms with van der Waals surface area (Å²) < 4.78 is 6.64. The topological polar surface area (TPSA) is 105 Å². The molecule has 3 atom stereocenters. The van der Waals surface area contributed by atoms with Gasteiger partial charge in [0.2, 0.25) is 0 Å². The Morgan fingerprint density at radius 1 is 1.53 bits per heavy atom. The van der Waals surface area contributed by atoms with Crippen molar-refractivity contribution in [3.63, 3.8) is 0 Å². The SMILES string of the molecule is O=c1[nH]c(=O)n([C@H]2C[C@H](O)[C@@H](CO)O2)cc1CC[80Br]. The zero-order valence-corrected chi connectivity index (χ0v) is 11.7. The number of hydrogen-bond donors (Lipinski definition) is 3. The maximum absolute atomic E-state index is 11.8. The van der Waals surface area contributed by atoms with Crippen LogP contribution >= 0.6 is 15.9 Å². The highest BCUT2D eigenvalue weighted by molar-refractivity contribution is 9.09. The first kappa shape index (κ1) is 14.4. The molecule has 0 spiro atoms.